The van der Waals surface area contributed by atoms with Crippen LogP contribution in [0.5, 0.6) is 5.88 Å². The minimum atomic E-state index is -0.978. The average Bonchev–Trinajstić information content (AvgIpc) is 2.25. The van der Waals surface area contributed by atoms with Crippen LogP contribution in [0.15, 0.2) is 18.3 Å². The highest BCUT2D eigenvalue weighted by Crippen LogP contribution is 2.11. The number of carboxylic acid groups (broad SMARTS) is 1. The van der Waals surface area contributed by atoms with Crippen molar-refractivity contribution in [3.63, 3.8) is 0 Å². The number of methoxy groups -OCH3 is 2. The van der Waals surface area contributed by atoms with Gasteiger partial charge in [0.2, 0.25) is 5.88 Å². The van der Waals surface area contributed by atoms with Gasteiger partial charge in [0.15, 0.2) is 6.10 Å². The van der Waals surface area contributed by atoms with E-state index >= 15 is 0 Å². The highest BCUT2D eigenvalue weighted by molar-refractivity contribution is 5.72. The lowest BCUT2D eigenvalue weighted by Crippen LogP contribution is -2.24. The summed E-state index contributed by atoms with van der Waals surface area (Å²) >= 11 is 0. The lowest BCUT2D eigenvalue weighted by molar-refractivity contribution is -0.148. The molecule has 0 bridgehead atoms. The van der Waals surface area contributed by atoms with Crippen LogP contribution in [0.4, 0.5) is 0 Å². The van der Waals surface area contributed by atoms with Crippen molar-refractivity contribution < 1.29 is 19.4 Å². The quantitative estimate of drug-likeness (QED) is 0.777. The molecule has 5 heteroatoms. The number of rotatable bonds is 5. The molecule has 0 aliphatic rings. The van der Waals surface area contributed by atoms with Crippen molar-refractivity contribution in [1.29, 1.82) is 0 Å². The summed E-state index contributed by atoms with van der Waals surface area (Å²) in [4.78, 5) is 14.6. The van der Waals surface area contributed by atoms with Crippen LogP contribution in [-0.4, -0.2) is 36.4 Å². The molecule has 0 radical (unpaired) electrons. The van der Waals surface area contributed by atoms with Gasteiger partial charge in [-0.2, -0.15) is 0 Å². The topological polar surface area (TPSA) is 68.7 Å². The molecule has 15 heavy (non-hydrogen) atoms. The van der Waals surface area contributed by atoms with Crippen molar-refractivity contribution in [3.8, 4) is 5.88 Å². The minimum absolute atomic E-state index is 0.296. The summed E-state index contributed by atoms with van der Waals surface area (Å²) in [5, 5.41) is 8.79. The Morgan fingerprint density at radius 3 is 2.87 bits per heavy atom. The predicted molar refractivity (Wildman–Crippen MR) is 52.9 cm³/mol. The molecule has 1 aromatic rings. The van der Waals surface area contributed by atoms with Crippen LogP contribution in [0.3, 0.4) is 0 Å². The Morgan fingerprint density at radius 1 is 1.60 bits per heavy atom. The zero-order chi connectivity index (χ0) is 11.3. The maximum Gasteiger partial charge on any atom is 0.333 e. The number of aliphatic carboxylic acids is 1. The molecular weight excluding hydrogens is 198 g/mol. The zero-order valence-corrected chi connectivity index (χ0v) is 8.64. The van der Waals surface area contributed by atoms with Crippen LogP contribution in [0.1, 0.15) is 5.56 Å². The van der Waals surface area contributed by atoms with Crippen molar-refractivity contribution in [1.82, 2.24) is 4.98 Å². The summed E-state index contributed by atoms with van der Waals surface area (Å²) in [6.07, 6.45) is 1.03. The van der Waals surface area contributed by atoms with Gasteiger partial charge in [-0.05, 0) is 11.6 Å². The number of carbonyl (C=O) groups is 1. The highest BCUT2D eigenvalue weighted by Gasteiger charge is 2.16. The molecule has 0 aliphatic heterocycles. The fourth-order valence-corrected chi connectivity index (χ4v) is 1.17. The smallest absolute Gasteiger partial charge is 0.333 e. The van der Waals surface area contributed by atoms with Crippen LogP contribution in [0.2, 0.25) is 0 Å². The summed E-state index contributed by atoms with van der Waals surface area (Å²) in [5.41, 5.74) is 0.816. The lowest BCUT2D eigenvalue weighted by atomic mass is 10.1. The van der Waals surface area contributed by atoms with E-state index in [0.717, 1.165) is 5.56 Å². The van der Waals surface area contributed by atoms with Gasteiger partial charge in [-0.1, -0.05) is 0 Å². The fourth-order valence-electron chi connectivity index (χ4n) is 1.17. The van der Waals surface area contributed by atoms with Crippen LogP contribution in [0.25, 0.3) is 0 Å². The number of nitrogens with zero attached hydrogens (tertiary/aromatic N) is 1. The third-order valence-corrected chi connectivity index (χ3v) is 1.99. The first kappa shape index (κ1) is 11.5. The van der Waals surface area contributed by atoms with Gasteiger partial charge in [0.05, 0.1) is 7.11 Å². The third kappa shape index (κ3) is 3.21. The number of aromatic nitrogens is 1. The third-order valence-electron chi connectivity index (χ3n) is 1.99. The van der Waals surface area contributed by atoms with E-state index in [9.17, 15) is 4.79 Å². The van der Waals surface area contributed by atoms with Gasteiger partial charge in [-0.3, -0.25) is 0 Å². The summed E-state index contributed by atoms with van der Waals surface area (Å²) in [7, 11) is 2.88. The molecular formula is C10H13NO4. The molecule has 0 saturated heterocycles. The van der Waals surface area contributed by atoms with Crippen LogP contribution < -0.4 is 4.74 Å². The van der Waals surface area contributed by atoms with Crippen LogP contribution >= 0.6 is 0 Å². The van der Waals surface area contributed by atoms with Crippen molar-refractivity contribution in [2.45, 2.75) is 12.5 Å². The Bertz CT molecular complexity index is 340. The standard InChI is InChI=1S/C10H13NO4/c1-14-8(10(12)13)5-7-3-4-11-9(6-7)15-2/h3-4,6,8H,5H2,1-2H3,(H,12,13). The monoisotopic (exact) mass is 211 g/mol. The van der Waals surface area contributed by atoms with E-state index in [1.807, 2.05) is 0 Å². The number of hydrogen-bond acceptors (Lipinski definition) is 4. The molecule has 1 aromatic heterocycles. The van der Waals surface area contributed by atoms with Crippen LogP contribution in [-0.2, 0) is 16.0 Å². The van der Waals surface area contributed by atoms with E-state index in [-0.39, 0.29) is 0 Å². The van der Waals surface area contributed by atoms with Gasteiger partial charge in [0.1, 0.15) is 0 Å². The van der Waals surface area contributed by atoms with E-state index in [2.05, 4.69) is 4.98 Å². The van der Waals surface area contributed by atoms with E-state index in [4.69, 9.17) is 14.6 Å². The van der Waals surface area contributed by atoms with Gasteiger partial charge in [0.25, 0.3) is 0 Å². The molecule has 1 N–H and O–H groups in total. The van der Waals surface area contributed by atoms with E-state index in [1.165, 1.54) is 14.2 Å². The second kappa shape index (κ2) is 5.31. The molecule has 0 aromatic carbocycles. The van der Waals surface area contributed by atoms with Gasteiger partial charge in [-0.15, -0.1) is 0 Å². The molecule has 1 atom stereocenters. The van der Waals surface area contributed by atoms with E-state index in [1.54, 1.807) is 18.3 Å². The zero-order valence-electron chi connectivity index (χ0n) is 8.64. The first-order valence-electron chi connectivity index (χ1n) is 4.42. The van der Waals surface area contributed by atoms with E-state index < -0.39 is 12.1 Å². The first-order chi connectivity index (χ1) is 7.17. The summed E-state index contributed by atoms with van der Waals surface area (Å²) in [6, 6.07) is 3.42. The Balaban J connectivity index is 2.74. The number of hydrogen-bond donors (Lipinski definition) is 1. The number of ether oxygens (including phenoxy) is 2. The second-order valence-corrected chi connectivity index (χ2v) is 2.97. The van der Waals surface area contributed by atoms with Gasteiger partial charge < -0.3 is 14.6 Å². The predicted octanol–water partition coefficient (Wildman–Crippen LogP) is 0.732. The lowest BCUT2D eigenvalue weighted by Gasteiger charge is -2.10. The highest BCUT2D eigenvalue weighted by atomic mass is 16.5. The summed E-state index contributed by atoms with van der Waals surface area (Å²) in [6.45, 7) is 0. The van der Waals surface area contributed by atoms with Crippen molar-refractivity contribution in [2.75, 3.05) is 14.2 Å². The number of carboxylic acids is 1. The van der Waals surface area contributed by atoms with Crippen molar-refractivity contribution in [3.05, 3.63) is 23.9 Å². The molecule has 0 spiro atoms. The van der Waals surface area contributed by atoms with E-state index in [0.29, 0.717) is 12.3 Å². The molecule has 0 saturated carbocycles. The minimum Gasteiger partial charge on any atom is -0.481 e. The Hall–Kier alpha value is -1.62. The Labute approximate surface area is 87.7 Å². The van der Waals surface area contributed by atoms with Crippen molar-refractivity contribution in [2.24, 2.45) is 0 Å². The number of pyridine rings is 1. The molecule has 1 unspecified atom stereocenters. The van der Waals surface area contributed by atoms with Crippen molar-refractivity contribution >= 4 is 5.97 Å². The Kier molecular flexibility index (Phi) is 4.05. The van der Waals surface area contributed by atoms with Gasteiger partial charge in [-0.25, -0.2) is 9.78 Å². The normalized spacial score (nSPS) is 12.1. The molecule has 1 rings (SSSR count). The SMILES string of the molecule is COc1cc(CC(OC)C(=O)O)ccn1. The first-order valence-corrected chi connectivity index (χ1v) is 4.42. The summed E-state index contributed by atoms with van der Waals surface area (Å²) < 4.78 is 9.76. The van der Waals surface area contributed by atoms with Crippen LogP contribution in [0, 0.1) is 0 Å². The molecule has 5 nitrogen and oxygen atoms in total. The molecule has 0 aliphatic carbocycles. The molecule has 82 valence electrons. The van der Waals surface area contributed by atoms with Gasteiger partial charge >= 0.3 is 5.97 Å². The second-order valence-electron chi connectivity index (χ2n) is 2.97. The Morgan fingerprint density at radius 2 is 2.33 bits per heavy atom. The average molecular weight is 211 g/mol. The fraction of sp³-hybridized carbons (Fsp3) is 0.400. The maximum absolute atomic E-state index is 10.7. The largest absolute Gasteiger partial charge is 0.481 e. The van der Waals surface area contributed by atoms with Gasteiger partial charge in [0, 0.05) is 25.8 Å². The molecule has 0 fully saturated rings. The molecule has 1 heterocycles. The maximum atomic E-state index is 10.7. The summed E-state index contributed by atoms with van der Waals surface area (Å²) in [5.74, 6) is -0.513. The molecule has 0 amide bonds.